The summed E-state index contributed by atoms with van der Waals surface area (Å²) in [6.45, 7) is 4.21. The van der Waals surface area contributed by atoms with Crippen LogP contribution in [0.5, 0.6) is 5.75 Å². The molecule has 20 heavy (non-hydrogen) atoms. The van der Waals surface area contributed by atoms with Crippen LogP contribution < -0.4 is 4.74 Å². The molecule has 0 radical (unpaired) electrons. The summed E-state index contributed by atoms with van der Waals surface area (Å²) in [6, 6.07) is 3.29. The molecule has 0 unspecified atom stereocenters. The van der Waals surface area contributed by atoms with Gasteiger partial charge < -0.3 is 9.57 Å². The molecule has 1 aromatic carbocycles. The smallest absolute Gasteiger partial charge is 0.367 e. The zero-order chi connectivity index (χ0) is 14.7. The highest BCUT2D eigenvalue weighted by Gasteiger charge is 2.23. The van der Waals surface area contributed by atoms with Gasteiger partial charge in [-0.15, -0.1) is 0 Å². The topological polar surface area (TPSA) is 47.9 Å². The molecule has 4 nitrogen and oxygen atoms in total. The van der Waals surface area contributed by atoms with E-state index in [1.54, 1.807) is 25.1 Å². The average Bonchev–Trinajstić information content (AvgIpc) is 2.69. The Morgan fingerprint density at radius 1 is 1.40 bits per heavy atom. The van der Waals surface area contributed by atoms with E-state index in [2.05, 4.69) is 9.99 Å². The molecule has 0 spiro atoms. The number of oxime groups is 1. The lowest BCUT2D eigenvalue weighted by Crippen LogP contribution is -2.03. The summed E-state index contributed by atoms with van der Waals surface area (Å²) in [7, 11) is 0. The van der Waals surface area contributed by atoms with Crippen LogP contribution in [0.15, 0.2) is 22.9 Å². The molecule has 0 fully saturated rings. The second kappa shape index (κ2) is 6.29. The van der Waals surface area contributed by atoms with Gasteiger partial charge in [0.15, 0.2) is 0 Å². The molecule has 106 valence electrons. The van der Waals surface area contributed by atoms with Gasteiger partial charge in [0.2, 0.25) is 0 Å². The third kappa shape index (κ3) is 3.14. The van der Waals surface area contributed by atoms with Gasteiger partial charge in [-0.3, -0.25) is 0 Å². The summed E-state index contributed by atoms with van der Waals surface area (Å²) in [5.74, 6) is -0.00189. The van der Waals surface area contributed by atoms with Crippen LogP contribution in [0.3, 0.4) is 0 Å². The summed E-state index contributed by atoms with van der Waals surface area (Å²) >= 11 is 12.1. The van der Waals surface area contributed by atoms with Crippen LogP contribution in [0, 0.1) is 0 Å². The molecular weight excluding hydrogens is 301 g/mol. The fourth-order valence-corrected chi connectivity index (χ4v) is 2.28. The van der Waals surface area contributed by atoms with Gasteiger partial charge in [-0.2, -0.15) is 0 Å². The van der Waals surface area contributed by atoms with Gasteiger partial charge in [0.25, 0.3) is 0 Å². The van der Waals surface area contributed by atoms with Gasteiger partial charge in [0.1, 0.15) is 5.75 Å². The summed E-state index contributed by atoms with van der Waals surface area (Å²) in [6.07, 6.45) is 2.47. The highest BCUT2D eigenvalue weighted by atomic mass is 35.5. The second-order valence-corrected chi connectivity index (χ2v) is 5.11. The van der Waals surface area contributed by atoms with E-state index in [9.17, 15) is 4.79 Å². The lowest BCUT2D eigenvalue weighted by Gasteiger charge is -2.11. The molecule has 2 rings (SSSR count). The maximum Gasteiger partial charge on any atom is 0.367 e. The number of nitrogens with zero attached hydrogens (tertiary/aromatic N) is 1. The Labute approximate surface area is 127 Å². The summed E-state index contributed by atoms with van der Waals surface area (Å²) in [5, 5.41) is 4.49. The van der Waals surface area contributed by atoms with Crippen LogP contribution in [0.1, 0.15) is 25.8 Å². The third-order valence-electron chi connectivity index (χ3n) is 2.66. The van der Waals surface area contributed by atoms with E-state index in [1.165, 1.54) is 0 Å². The first-order valence-electron chi connectivity index (χ1n) is 6.12. The number of carbonyl (C=O) groups excluding carboxylic acids is 1. The van der Waals surface area contributed by atoms with Gasteiger partial charge in [-0.05, 0) is 31.6 Å². The zero-order valence-corrected chi connectivity index (χ0v) is 12.6. The maximum absolute atomic E-state index is 11.6. The summed E-state index contributed by atoms with van der Waals surface area (Å²) in [5.41, 5.74) is 1.50. The first kappa shape index (κ1) is 14.9. The lowest BCUT2D eigenvalue weighted by atomic mass is 10.1. The van der Waals surface area contributed by atoms with Gasteiger partial charge in [-0.1, -0.05) is 35.3 Å². The Morgan fingerprint density at radius 2 is 2.15 bits per heavy atom. The lowest BCUT2D eigenvalue weighted by molar-refractivity contribution is -0.136. The molecule has 0 aliphatic carbocycles. The highest BCUT2D eigenvalue weighted by Crippen LogP contribution is 2.34. The molecule has 1 heterocycles. The summed E-state index contributed by atoms with van der Waals surface area (Å²) < 4.78 is 5.63. The van der Waals surface area contributed by atoms with Crippen molar-refractivity contribution in [2.24, 2.45) is 5.16 Å². The molecular formula is C14H13Cl2NO3. The van der Waals surface area contributed by atoms with Crippen molar-refractivity contribution in [2.45, 2.75) is 20.3 Å². The van der Waals surface area contributed by atoms with Gasteiger partial charge in [0.05, 0.1) is 22.9 Å². The van der Waals surface area contributed by atoms with Crippen molar-refractivity contribution in [1.29, 1.82) is 0 Å². The number of carbonyl (C=O) groups is 1. The van der Waals surface area contributed by atoms with Crippen molar-refractivity contribution in [1.82, 2.24) is 0 Å². The van der Waals surface area contributed by atoms with Crippen LogP contribution in [0.4, 0.5) is 0 Å². The maximum atomic E-state index is 11.6. The van der Waals surface area contributed by atoms with Crippen molar-refractivity contribution < 1.29 is 14.4 Å². The minimum absolute atomic E-state index is 0.365. The summed E-state index contributed by atoms with van der Waals surface area (Å²) in [4.78, 5) is 16.2. The number of benzene rings is 1. The quantitative estimate of drug-likeness (QED) is 0.621. The molecule has 1 aromatic rings. The third-order valence-corrected chi connectivity index (χ3v) is 3.16. The Kier molecular flexibility index (Phi) is 4.68. The fraction of sp³-hybridized carbons (Fsp3) is 0.286. The van der Waals surface area contributed by atoms with E-state index in [-0.39, 0.29) is 0 Å². The van der Waals surface area contributed by atoms with Crippen LogP contribution in [0.25, 0.3) is 6.08 Å². The standard InChI is InChI=1S/C14H13Cl2NO3/c1-3-4-19-13-9(5-10(15)7-12(13)16)6-11-8(2)17-20-14(11)18/h5-7H,3-4H2,1-2H3/b11-6-. The SMILES string of the molecule is CCCOc1c(Cl)cc(Cl)cc1/C=C1\C(=O)ON=C1C. The van der Waals surface area contributed by atoms with Crippen LogP contribution >= 0.6 is 23.2 Å². The van der Waals surface area contributed by atoms with Crippen molar-refractivity contribution in [2.75, 3.05) is 6.61 Å². The molecule has 0 atom stereocenters. The van der Waals surface area contributed by atoms with Crippen molar-refractivity contribution in [3.8, 4) is 5.75 Å². The van der Waals surface area contributed by atoms with E-state index < -0.39 is 5.97 Å². The molecule has 0 saturated carbocycles. The number of ether oxygens (including phenoxy) is 1. The van der Waals surface area contributed by atoms with Gasteiger partial charge >= 0.3 is 5.97 Å². The minimum atomic E-state index is -0.500. The normalized spacial score (nSPS) is 16.3. The van der Waals surface area contributed by atoms with Gasteiger partial charge in [-0.25, -0.2) is 4.79 Å². The molecule has 6 heteroatoms. The molecule has 0 N–H and O–H groups in total. The van der Waals surface area contributed by atoms with Crippen LogP contribution in [-0.2, 0) is 9.63 Å². The molecule has 1 aliphatic rings. The highest BCUT2D eigenvalue weighted by molar-refractivity contribution is 6.36. The zero-order valence-electron chi connectivity index (χ0n) is 11.1. The van der Waals surface area contributed by atoms with Gasteiger partial charge in [0, 0.05) is 10.6 Å². The van der Waals surface area contributed by atoms with E-state index in [4.69, 9.17) is 27.9 Å². The first-order valence-corrected chi connectivity index (χ1v) is 6.88. The largest absolute Gasteiger partial charge is 0.491 e. The monoisotopic (exact) mass is 313 g/mol. The average molecular weight is 314 g/mol. The predicted octanol–water partition coefficient (Wildman–Crippen LogP) is 4.10. The Hall–Kier alpha value is -1.52. The second-order valence-electron chi connectivity index (χ2n) is 4.27. The Morgan fingerprint density at radius 3 is 2.75 bits per heavy atom. The molecule has 0 saturated heterocycles. The minimum Gasteiger partial charge on any atom is -0.491 e. The van der Waals surface area contributed by atoms with Crippen molar-refractivity contribution in [3.63, 3.8) is 0 Å². The number of hydrogen-bond donors (Lipinski definition) is 0. The van der Waals surface area contributed by atoms with E-state index >= 15 is 0 Å². The predicted molar refractivity (Wildman–Crippen MR) is 79.4 cm³/mol. The fourth-order valence-electron chi connectivity index (χ4n) is 1.72. The van der Waals surface area contributed by atoms with Crippen LogP contribution in [0.2, 0.25) is 10.0 Å². The molecule has 0 aromatic heterocycles. The van der Waals surface area contributed by atoms with Crippen LogP contribution in [-0.4, -0.2) is 18.3 Å². The van der Waals surface area contributed by atoms with E-state index in [0.29, 0.717) is 39.2 Å². The number of rotatable bonds is 4. The Bertz CT molecular complexity index is 609. The Balaban J connectivity index is 2.47. The molecule has 1 aliphatic heterocycles. The number of halogens is 2. The van der Waals surface area contributed by atoms with Crippen molar-refractivity contribution >= 4 is 41.0 Å². The molecule has 0 amide bonds. The van der Waals surface area contributed by atoms with E-state index in [1.807, 2.05) is 6.92 Å². The first-order chi connectivity index (χ1) is 9.52. The number of hydrogen-bond acceptors (Lipinski definition) is 4. The molecule has 0 bridgehead atoms. The van der Waals surface area contributed by atoms with Crippen molar-refractivity contribution in [3.05, 3.63) is 33.3 Å². The van der Waals surface area contributed by atoms with E-state index in [0.717, 1.165) is 6.42 Å².